The Morgan fingerprint density at radius 2 is 1.65 bits per heavy atom. The average molecular weight is 354 g/mol. The van der Waals surface area contributed by atoms with Crippen LogP contribution in [0.1, 0.15) is 25.8 Å². The van der Waals surface area contributed by atoms with Gasteiger partial charge in [0.15, 0.2) is 0 Å². The van der Waals surface area contributed by atoms with Gasteiger partial charge in [0.1, 0.15) is 12.6 Å². The summed E-state index contributed by atoms with van der Waals surface area (Å²) in [7, 11) is 0. The molecule has 2 aromatic carbocycles. The summed E-state index contributed by atoms with van der Waals surface area (Å²) in [6.45, 7) is 4.56. The van der Waals surface area contributed by atoms with E-state index in [0.29, 0.717) is 18.8 Å². The van der Waals surface area contributed by atoms with E-state index in [1.807, 2.05) is 67.6 Å². The van der Waals surface area contributed by atoms with Gasteiger partial charge in [-0.15, -0.1) is 0 Å². The Kier molecular flexibility index (Phi) is 7.83. The van der Waals surface area contributed by atoms with Crippen LogP contribution in [0.2, 0.25) is 0 Å². The fourth-order valence-electron chi connectivity index (χ4n) is 2.60. The van der Waals surface area contributed by atoms with Crippen LogP contribution >= 0.6 is 0 Å². The highest BCUT2D eigenvalue weighted by Gasteiger charge is 2.25. The summed E-state index contributed by atoms with van der Waals surface area (Å²) in [5.74, 6) is -0.389. The van der Waals surface area contributed by atoms with E-state index in [0.717, 1.165) is 12.0 Å². The van der Waals surface area contributed by atoms with Crippen molar-refractivity contribution in [1.82, 2.24) is 4.90 Å². The van der Waals surface area contributed by atoms with E-state index in [9.17, 15) is 9.59 Å². The van der Waals surface area contributed by atoms with Crippen LogP contribution < -0.4 is 5.32 Å². The lowest BCUT2D eigenvalue weighted by Crippen LogP contribution is -2.47. The summed E-state index contributed by atoms with van der Waals surface area (Å²) in [5.41, 5.74) is 1.73. The number of carbonyl (C=O) groups excluding carboxylic acids is 2. The van der Waals surface area contributed by atoms with Gasteiger partial charge in [0.2, 0.25) is 11.8 Å². The summed E-state index contributed by atoms with van der Waals surface area (Å²) < 4.78 is 5.53. The second-order valence-electron chi connectivity index (χ2n) is 6.10. The second-order valence-corrected chi connectivity index (χ2v) is 6.10. The summed E-state index contributed by atoms with van der Waals surface area (Å²) in [5, 5.41) is 2.84. The minimum Gasteiger partial charge on any atom is -0.367 e. The first-order chi connectivity index (χ1) is 12.6. The Morgan fingerprint density at radius 1 is 1.04 bits per heavy atom. The zero-order chi connectivity index (χ0) is 18.8. The molecule has 0 heterocycles. The highest BCUT2D eigenvalue weighted by molar-refractivity contribution is 5.97. The molecule has 2 amide bonds. The third-order valence-electron chi connectivity index (χ3n) is 4.01. The molecule has 0 aliphatic carbocycles. The van der Waals surface area contributed by atoms with Gasteiger partial charge in [-0.05, 0) is 31.0 Å². The van der Waals surface area contributed by atoms with Gasteiger partial charge in [-0.2, -0.15) is 0 Å². The van der Waals surface area contributed by atoms with Crippen LogP contribution in [-0.4, -0.2) is 35.9 Å². The number of para-hydroxylation sites is 1. The number of ether oxygens (including phenoxy) is 1. The largest absolute Gasteiger partial charge is 0.367 e. The second kappa shape index (κ2) is 10.4. The molecule has 0 saturated carbocycles. The van der Waals surface area contributed by atoms with Crippen molar-refractivity contribution >= 4 is 17.5 Å². The predicted molar refractivity (Wildman–Crippen MR) is 103 cm³/mol. The van der Waals surface area contributed by atoms with Gasteiger partial charge >= 0.3 is 0 Å². The van der Waals surface area contributed by atoms with Crippen LogP contribution in [0.5, 0.6) is 0 Å². The monoisotopic (exact) mass is 354 g/mol. The van der Waals surface area contributed by atoms with Crippen molar-refractivity contribution in [1.29, 1.82) is 0 Å². The Bertz CT molecular complexity index is 689. The van der Waals surface area contributed by atoms with Crippen LogP contribution in [-0.2, 0) is 20.9 Å². The molecule has 0 bridgehead atoms. The van der Waals surface area contributed by atoms with Crippen molar-refractivity contribution < 1.29 is 14.3 Å². The van der Waals surface area contributed by atoms with Crippen molar-refractivity contribution in [2.75, 3.05) is 18.5 Å². The predicted octanol–water partition coefficient (Wildman–Crippen LogP) is 3.47. The highest BCUT2D eigenvalue weighted by Crippen LogP contribution is 2.10. The van der Waals surface area contributed by atoms with E-state index in [1.54, 1.807) is 11.8 Å². The molecular weight excluding hydrogens is 328 g/mol. The molecule has 1 unspecified atom stereocenters. The molecule has 0 radical (unpaired) electrons. The lowest BCUT2D eigenvalue weighted by atomic mass is 10.2. The Labute approximate surface area is 155 Å². The summed E-state index contributed by atoms with van der Waals surface area (Å²) >= 11 is 0. The number of amides is 2. The summed E-state index contributed by atoms with van der Waals surface area (Å²) in [6.07, 6.45) is 0.771. The average Bonchev–Trinajstić information content (AvgIpc) is 2.67. The van der Waals surface area contributed by atoms with Crippen LogP contribution in [0.25, 0.3) is 0 Å². The van der Waals surface area contributed by atoms with E-state index >= 15 is 0 Å². The molecule has 0 saturated heterocycles. The number of rotatable bonds is 9. The van der Waals surface area contributed by atoms with Crippen molar-refractivity contribution in [3.63, 3.8) is 0 Å². The van der Waals surface area contributed by atoms with Crippen molar-refractivity contribution in [3.8, 4) is 0 Å². The standard InChI is InChI=1S/C21H26N2O3/c1-3-14-23(17(2)21(25)22-19-12-8-5-9-13-19)20(24)16-26-15-18-10-6-4-7-11-18/h4-13,17H,3,14-16H2,1-2H3,(H,22,25). The summed E-state index contributed by atoms with van der Waals surface area (Å²) in [6, 6.07) is 18.4. The van der Waals surface area contributed by atoms with Crippen molar-refractivity contribution in [2.45, 2.75) is 32.9 Å². The van der Waals surface area contributed by atoms with Crippen molar-refractivity contribution in [3.05, 3.63) is 66.2 Å². The molecule has 5 nitrogen and oxygen atoms in total. The third-order valence-corrected chi connectivity index (χ3v) is 4.01. The topological polar surface area (TPSA) is 58.6 Å². The fourth-order valence-corrected chi connectivity index (χ4v) is 2.60. The normalized spacial score (nSPS) is 11.6. The van der Waals surface area contributed by atoms with Crippen LogP contribution in [0.15, 0.2) is 60.7 Å². The molecule has 5 heteroatoms. The lowest BCUT2D eigenvalue weighted by Gasteiger charge is -2.28. The van der Waals surface area contributed by atoms with Gasteiger partial charge in [0, 0.05) is 12.2 Å². The molecule has 0 aliphatic rings. The van der Waals surface area contributed by atoms with Gasteiger partial charge in [0.05, 0.1) is 6.61 Å². The molecule has 0 aliphatic heterocycles. The van der Waals surface area contributed by atoms with Gasteiger partial charge in [0.25, 0.3) is 0 Å². The highest BCUT2D eigenvalue weighted by atomic mass is 16.5. The number of nitrogens with one attached hydrogen (secondary N) is 1. The molecular formula is C21H26N2O3. The molecule has 26 heavy (non-hydrogen) atoms. The maximum atomic E-state index is 12.5. The maximum Gasteiger partial charge on any atom is 0.249 e. The number of hydrogen-bond donors (Lipinski definition) is 1. The number of benzene rings is 2. The van der Waals surface area contributed by atoms with Crippen molar-refractivity contribution in [2.24, 2.45) is 0 Å². The molecule has 138 valence electrons. The molecule has 2 rings (SSSR count). The zero-order valence-electron chi connectivity index (χ0n) is 15.4. The van der Waals surface area contributed by atoms with E-state index in [4.69, 9.17) is 4.74 Å². The minimum atomic E-state index is -0.567. The fraction of sp³-hybridized carbons (Fsp3) is 0.333. The molecule has 0 fully saturated rings. The van der Waals surface area contributed by atoms with Gasteiger partial charge < -0.3 is 15.0 Å². The maximum absolute atomic E-state index is 12.5. The van der Waals surface area contributed by atoms with Crippen LogP contribution in [0, 0.1) is 0 Å². The van der Waals surface area contributed by atoms with Gasteiger partial charge in [-0.25, -0.2) is 0 Å². The first-order valence-electron chi connectivity index (χ1n) is 8.89. The van der Waals surface area contributed by atoms with Crippen LogP contribution in [0.3, 0.4) is 0 Å². The molecule has 0 aromatic heterocycles. The number of hydrogen-bond acceptors (Lipinski definition) is 3. The Morgan fingerprint density at radius 3 is 2.27 bits per heavy atom. The molecule has 1 N–H and O–H groups in total. The number of nitrogens with zero attached hydrogens (tertiary/aromatic N) is 1. The summed E-state index contributed by atoms with van der Waals surface area (Å²) in [4.78, 5) is 26.6. The van der Waals surface area contributed by atoms with E-state index in [1.165, 1.54) is 0 Å². The van der Waals surface area contributed by atoms with E-state index in [2.05, 4.69) is 5.32 Å². The Balaban J connectivity index is 1.90. The third kappa shape index (κ3) is 6.01. The minimum absolute atomic E-state index is 0.0438. The molecule has 2 aromatic rings. The zero-order valence-corrected chi connectivity index (χ0v) is 15.4. The first kappa shape index (κ1) is 19.7. The van der Waals surface area contributed by atoms with E-state index < -0.39 is 6.04 Å². The lowest BCUT2D eigenvalue weighted by molar-refractivity contribution is -0.142. The SMILES string of the molecule is CCCN(C(=O)COCc1ccccc1)C(C)C(=O)Nc1ccccc1. The Hall–Kier alpha value is -2.66. The quantitative estimate of drug-likeness (QED) is 0.750. The van der Waals surface area contributed by atoms with Gasteiger partial charge in [-0.1, -0.05) is 55.5 Å². The number of anilines is 1. The first-order valence-corrected chi connectivity index (χ1v) is 8.89. The van der Waals surface area contributed by atoms with Crippen LogP contribution in [0.4, 0.5) is 5.69 Å². The van der Waals surface area contributed by atoms with Gasteiger partial charge in [-0.3, -0.25) is 9.59 Å². The number of carbonyl (C=O) groups is 2. The molecule has 1 atom stereocenters. The van der Waals surface area contributed by atoms with E-state index in [-0.39, 0.29) is 18.4 Å². The molecule has 0 spiro atoms. The smallest absolute Gasteiger partial charge is 0.249 e.